The summed E-state index contributed by atoms with van der Waals surface area (Å²) in [5, 5.41) is 59.2. The minimum atomic E-state index is -1.01. The van der Waals surface area contributed by atoms with Crippen LogP contribution in [0.15, 0.2) is 192 Å². The Labute approximate surface area is 865 Å². The fourth-order valence-electron chi connectivity index (χ4n) is 11.1. The highest BCUT2D eigenvalue weighted by atomic mass is 79.9. The Morgan fingerprint density at radius 2 is 0.662 bits per heavy atom. The van der Waals surface area contributed by atoms with E-state index in [9.17, 15) is 51.9 Å². The number of carboxylic acids is 2. The van der Waals surface area contributed by atoms with Gasteiger partial charge in [-0.1, -0.05) is 206 Å². The van der Waals surface area contributed by atoms with Crippen molar-refractivity contribution in [2.24, 2.45) is 11.6 Å². The van der Waals surface area contributed by atoms with E-state index < -0.39 is 40.9 Å². The zero-order valence-electron chi connectivity index (χ0n) is 79.5. The second kappa shape index (κ2) is 68.9. The van der Waals surface area contributed by atoms with Gasteiger partial charge in [0.05, 0.1) is 13.2 Å². The maximum Gasteiger partial charge on any atom is 0.407 e. The van der Waals surface area contributed by atoms with Gasteiger partial charge in [0.25, 0.3) is 11.8 Å². The van der Waals surface area contributed by atoms with Crippen molar-refractivity contribution < 1.29 is 85.8 Å². The van der Waals surface area contributed by atoms with E-state index in [0.717, 1.165) is 183 Å². The van der Waals surface area contributed by atoms with Crippen molar-refractivity contribution in [2.75, 3.05) is 45.9 Å². The average Bonchev–Trinajstić information content (AvgIpc) is 1.69. The highest BCUT2D eigenvalue weighted by Crippen LogP contribution is 2.30. The predicted molar refractivity (Wildman–Crippen MR) is 556 cm³/mol. The monoisotopic (exact) mass is 2300 g/mol. The highest BCUT2D eigenvalue weighted by molar-refractivity contribution is 9.11. The lowest BCUT2D eigenvalue weighted by molar-refractivity contribution is -0.142. The molecule has 0 saturated carbocycles. The van der Waals surface area contributed by atoms with E-state index >= 15 is 0 Å². The second-order valence-electron chi connectivity index (χ2n) is 33.5. The molecule has 0 unspecified atom stereocenters. The summed E-state index contributed by atoms with van der Waals surface area (Å²) < 4.78 is 55.7. The summed E-state index contributed by atoms with van der Waals surface area (Å²) in [5.41, 5.74) is 16.7. The molecule has 0 saturated heterocycles. The van der Waals surface area contributed by atoms with Crippen molar-refractivity contribution >= 4 is 168 Å². The van der Waals surface area contributed by atoms with Crippen LogP contribution in [0.2, 0.25) is 0 Å². The van der Waals surface area contributed by atoms with Gasteiger partial charge < -0.3 is 60.9 Å². The number of nitrogen functional groups attached to an aromatic ring is 1. The second-order valence-corrected chi connectivity index (χ2v) is 41.3. The van der Waals surface area contributed by atoms with Crippen LogP contribution in [0.3, 0.4) is 0 Å². The molecule has 0 spiro atoms. The van der Waals surface area contributed by atoms with Gasteiger partial charge in [-0.2, -0.15) is 0 Å². The molecule has 13 N–H and O–H groups in total. The smallest absolute Gasteiger partial charge is 0.407 e. The number of halogens is 7. The molecule has 139 heavy (non-hydrogen) atoms. The molecule has 756 valence electrons. The molecule has 41 heteroatoms. The number of nitrogens with zero attached hydrogens (tertiary/aromatic N) is 6. The Balaban J connectivity index is 0.000000346. The van der Waals surface area contributed by atoms with E-state index in [2.05, 4.69) is 154 Å². The third kappa shape index (κ3) is 60.6. The summed E-state index contributed by atoms with van der Waals surface area (Å²) in [5.74, 6) is 1.50. The maximum absolute atomic E-state index is 12.8. The van der Waals surface area contributed by atoms with E-state index in [1.165, 1.54) is 30.7 Å². The SMILES string of the molecule is CC(C)(C)OC(=O)NCCCCCC(=O)NNC(=O)c1ccc(Br)cc1.CC(C)(C)OC(=O)NCCCCCC(=O)O.CC(C)(C)OC(=O)NCCCCCc1nnc(-c2ccc(Br)cc2)s1.NCCCCCc1nnc(-c2ccc(Br)cc2)s1.NNC(=O)c1ccc(Br)cc1.O=C(COCc1ccc(F)cc1)NCCCCCc1nnc(-c2ccc(Br)cc2)s1.O=C(O)COCc1ccc(F)cc1. The zero-order valence-corrected chi connectivity index (χ0v) is 89.9. The molecule has 0 fully saturated rings. The number of carbonyl (C=O) groups excluding carboxylic acids is 7. The number of carboxylic acid groups (broad SMARTS) is 2. The molecule has 3 aromatic heterocycles. The largest absolute Gasteiger partial charge is 0.481 e. The Morgan fingerprint density at radius 1 is 0.353 bits per heavy atom. The highest BCUT2D eigenvalue weighted by Gasteiger charge is 2.20. The minimum Gasteiger partial charge on any atom is -0.481 e. The lowest BCUT2D eigenvalue weighted by Crippen LogP contribution is -2.41. The van der Waals surface area contributed by atoms with E-state index in [0.29, 0.717) is 56.6 Å². The van der Waals surface area contributed by atoms with Crippen molar-refractivity contribution in [3.05, 3.63) is 241 Å². The number of rotatable bonds is 42. The first-order chi connectivity index (χ1) is 66.1. The standard InChI is InChI=1S/C22H23BrFN3O2S.C18H26BrN3O4.C18H24BrN3O2S.C13H16BrN3S.C11H21NO4.C9H9FO3.C7H7BrN2O/c23-18-9-7-17(8-10-18)22-27-26-21(30-22)4-2-1-3-13-25-20(28)15-29-14-16-5-11-19(24)12-6-16;1-18(2,3)26-17(25)20-12-6-4-5-7-15(23)21-22-16(24)13-8-10-14(19)11-9-13;1-18(2,3)24-17(23)20-12-6-4-5-7-15-21-22-16(25-15)13-8-10-14(19)11-9-13;14-11-7-5-10(6-8-11)13-17-16-12(18-13)4-2-1-3-9-15;1-11(2,3)16-10(15)12-8-6-4-5-7-9(13)14;10-8-3-1-7(2-4-8)5-13-6-9(11)12;8-6-3-1-5(2-4-6)7(11)10-9/h5-12H,1-4,13-15H2,(H,25,28);8-11H,4-7,12H2,1-3H3,(H,20,25)(H,21,23)(H,22,24);8-11H,4-7,12H2,1-3H3,(H,20,23);5-8H,1-4,9,15H2;4-8H2,1-3H3,(H,12,15)(H,13,14);1-4H,5-6H2,(H,11,12);1-4H,9H2,(H,10,11). The lowest BCUT2D eigenvalue weighted by Gasteiger charge is -2.19. The lowest BCUT2D eigenvalue weighted by atomic mass is 10.2. The number of nitrogens with one attached hydrogen (secondary N) is 7. The number of carbonyl (C=O) groups is 9. The van der Waals surface area contributed by atoms with Gasteiger partial charge in [0.15, 0.2) is 0 Å². The number of aromatic nitrogens is 6. The number of nitrogens with two attached hydrogens (primary N) is 2. The van der Waals surface area contributed by atoms with Crippen LogP contribution < -0.4 is 49.1 Å². The molecule has 0 bridgehead atoms. The molecule has 10 aromatic rings. The third-order valence-corrected chi connectivity index (χ3v) is 23.6. The third-order valence-electron chi connectivity index (χ3n) is 17.9. The number of hydrogen-bond acceptors (Lipinski definition) is 25. The summed E-state index contributed by atoms with van der Waals surface area (Å²) in [6.45, 7) is 19.6. The van der Waals surface area contributed by atoms with Crippen LogP contribution in [-0.2, 0) is 75.3 Å². The number of hydrogen-bond donors (Lipinski definition) is 11. The van der Waals surface area contributed by atoms with Crippen molar-refractivity contribution in [1.29, 1.82) is 0 Å². The average molecular weight is 2300 g/mol. The number of alkyl carbamates (subject to hydrolysis) is 3. The van der Waals surface area contributed by atoms with Crippen LogP contribution in [0.25, 0.3) is 31.7 Å². The number of unbranched alkanes of at least 4 members (excludes halogenated alkanes) is 10. The van der Waals surface area contributed by atoms with Crippen molar-refractivity contribution in [3.8, 4) is 31.7 Å². The van der Waals surface area contributed by atoms with Gasteiger partial charge in [-0.3, -0.25) is 40.3 Å². The predicted octanol–water partition coefficient (Wildman–Crippen LogP) is 21.9. The number of hydrazine groups is 2. The quantitative estimate of drug-likeness (QED) is 0.00556. The van der Waals surface area contributed by atoms with E-state index in [4.69, 9.17) is 45.5 Å². The topological polar surface area (TPSA) is 454 Å². The summed E-state index contributed by atoms with van der Waals surface area (Å²) in [6.07, 6.45) is 15.8. The zero-order chi connectivity index (χ0) is 102. The molecular formula is C98H126Br5F2N15O16S3. The van der Waals surface area contributed by atoms with E-state index in [1.54, 1.807) is 148 Å². The van der Waals surface area contributed by atoms with Crippen LogP contribution in [0, 0.1) is 11.6 Å². The van der Waals surface area contributed by atoms with Crippen LogP contribution >= 0.6 is 114 Å². The number of benzene rings is 7. The summed E-state index contributed by atoms with van der Waals surface area (Å²) >= 11 is 21.8. The molecule has 0 aliphatic carbocycles. The number of aliphatic carboxylic acids is 2. The van der Waals surface area contributed by atoms with Gasteiger partial charge in [0.2, 0.25) is 11.8 Å². The Hall–Kier alpha value is -10.1. The van der Waals surface area contributed by atoms with Gasteiger partial charge in [0.1, 0.15) is 71.7 Å². The Kier molecular flexibility index (Phi) is 60.1. The first-order valence-electron chi connectivity index (χ1n) is 44.9. The van der Waals surface area contributed by atoms with Gasteiger partial charge in [0, 0.05) is 108 Å². The van der Waals surface area contributed by atoms with Crippen molar-refractivity contribution in [1.82, 2.24) is 68.1 Å². The molecule has 0 aliphatic heterocycles. The first-order valence-corrected chi connectivity index (χ1v) is 51.4. The van der Waals surface area contributed by atoms with E-state index in [-0.39, 0.29) is 74.2 Å². The summed E-state index contributed by atoms with van der Waals surface area (Å²) in [4.78, 5) is 101. The molecular weight excluding hydrogens is 2180 g/mol. The molecule has 31 nitrogen and oxygen atoms in total. The molecule has 7 amide bonds. The van der Waals surface area contributed by atoms with Gasteiger partial charge in [-0.25, -0.2) is 33.8 Å². The molecule has 0 radical (unpaired) electrons. The van der Waals surface area contributed by atoms with Crippen LogP contribution in [0.1, 0.15) is 218 Å². The molecule has 3 heterocycles. The Morgan fingerprint density at radius 3 is 0.986 bits per heavy atom. The van der Waals surface area contributed by atoms with Crippen LogP contribution in [-0.4, -0.2) is 157 Å². The normalized spacial score (nSPS) is 10.7. The van der Waals surface area contributed by atoms with Crippen molar-refractivity contribution in [3.63, 3.8) is 0 Å². The first kappa shape index (κ1) is 121. The molecule has 10 rings (SSSR count). The van der Waals surface area contributed by atoms with Gasteiger partial charge >= 0.3 is 30.2 Å². The molecule has 7 aromatic carbocycles. The molecule has 0 aliphatic rings. The van der Waals surface area contributed by atoms with Crippen molar-refractivity contribution in [2.45, 2.75) is 221 Å². The van der Waals surface area contributed by atoms with Gasteiger partial charge in [-0.05, 0) is 253 Å². The summed E-state index contributed by atoms with van der Waals surface area (Å²) in [7, 11) is 0. The Bertz CT molecular complexity index is 5240. The van der Waals surface area contributed by atoms with Gasteiger partial charge in [-0.15, -0.1) is 30.6 Å². The number of ether oxygens (including phenoxy) is 5. The number of amides is 7. The van der Waals surface area contributed by atoms with E-state index in [1.807, 2.05) is 86.9 Å². The van der Waals surface area contributed by atoms with Crippen LogP contribution in [0.5, 0.6) is 0 Å². The summed E-state index contributed by atoms with van der Waals surface area (Å²) in [6, 6.07) is 49.8. The number of aryl methyl sites for hydroxylation is 3. The fraction of sp³-hybridized carbons (Fsp3) is 0.418. The van der Waals surface area contributed by atoms with Crippen LogP contribution in [0.4, 0.5) is 23.2 Å². The molecule has 0 atom stereocenters. The fourth-order valence-corrected chi connectivity index (χ4v) is 15.1. The minimum absolute atomic E-state index is 0.000988. The maximum atomic E-state index is 12.8.